The smallest absolute Gasteiger partial charge is 0.269 e. The molecule has 1 aliphatic carbocycles. The van der Waals surface area contributed by atoms with Crippen molar-refractivity contribution in [1.82, 2.24) is 10.9 Å². The Hall–Kier alpha value is -3.35. The minimum Gasteiger partial charge on any atom is -0.376 e. The van der Waals surface area contributed by atoms with E-state index in [1.807, 2.05) is 32.0 Å². The first-order valence-corrected chi connectivity index (χ1v) is 9.23. The van der Waals surface area contributed by atoms with Gasteiger partial charge in [0.25, 0.3) is 11.8 Å². The molecule has 0 saturated heterocycles. The van der Waals surface area contributed by atoms with Gasteiger partial charge in [-0.05, 0) is 56.5 Å². The number of rotatable bonds is 6. The van der Waals surface area contributed by atoms with Crippen LogP contribution in [-0.4, -0.2) is 24.3 Å². The fourth-order valence-corrected chi connectivity index (χ4v) is 2.76. The number of aryl methyl sites for hydroxylation is 2. The van der Waals surface area contributed by atoms with Crippen LogP contribution in [0.2, 0.25) is 0 Å². The molecule has 3 amide bonds. The molecule has 0 aromatic heterocycles. The average molecular weight is 380 g/mol. The van der Waals surface area contributed by atoms with Crippen molar-refractivity contribution in [3.05, 3.63) is 59.2 Å². The summed E-state index contributed by atoms with van der Waals surface area (Å²) in [7, 11) is 0. The molecule has 7 heteroatoms. The summed E-state index contributed by atoms with van der Waals surface area (Å²) in [6.07, 6.45) is 1.82. The lowest BCUT2D eigenvalue weighted by atomic mass is 10.1. The van der Waals surface area contributed by atoms with Crippen LogP contribution in [0.5, 0.6) is 0 Å². The lowest BCUT2D eigenvalue weighted by Gasteiger charge is -2.12. The van der Waals surface area contributed by atoms with Crippen LogP contribution in [0.4, 0.5) is 11.4 Å². The summed E-state index contributed by atoms with van der Waals surface area (Å²) < 4.78 is 0. The van der Waals surface area contributed by atoms with E-state index in [-0.39, 0.29) is 24.3 Å². The summed E-state index contributed by atoms with van der Waals surface area (Å²) in [4.78, 5) is 36.0. The highest BCUT2D eigenvalue weighted by molar-refractivity contribution is 5.98. The van der Waals surface area contributed by atoms with Gasteiger partial charge in [-0.1, -0.05) is 23.8 Å². The van der Waals surface area contributed by atoms with E-state index in [4.69, 9.17) is 0 Å². The number of hydrazine groups is 1. The van der Waals surface area contributed by atoms with Crippen molar-refractivity contribution < 1.29 is 14.4 Å². The van der Waals surface area contributed by atoms with E-state index >= 15 is 0 Å². The molecular formula is C21H24N4O3. The van der Waals surface area contributed by atoms with Gasteiger partial charge < -0.3 is 10.6 Å². The molecule has 7 nitrogen and oxygen atoms in total. The Morgan fingerprint density at radius 3 is 2.50 bits per heavy atom. The van der Waals surface area contributed by atoms with Gasteiger partial charge in [0.2, 0.25) is 5.91 Å². The van der Waals surface area contributed by atoms with E-state index in [0.717, 1.165) is 29.7 Å². The fourth-order valence-electron chi connectivity index (χ4n) is 2.76. The van der Waals surface area contributed by atoms with Gasteiger partial charge >= 0.3 is 0 Å². The monoisotopic (exact) mass is 380 g/mol. The third-order valence-electron chi connectivity index (χ3n) is 4.48. The summed E-state index contributed by atoms with van der Waals surface area (Å²) in [6, 6.07) is 12.5. The molecule has 28 heavy (non-hydrogen) atoms. The molecule has 1 aliphatic rings. The van der Waals surface area contributed by atoms with Crippen molar-refractivity contribution >= 4 is 29.1 Å². The van der Waals surface area contributed by atoms with Crippen molar-refractivity contribution in [1.29, 1.82) is 0 Å². The molecule has 0 atom stereocenters. The molecular weight excluding hydrogens is 356 g/mol. The molecule has 0 spiro atoms. The predicted molar refractivity (Wildman–Crippen MR) is 108 cm³/mol. The van der Waals surface area contributed by atoms with Gasteiger partial charge in [-0.3, -0.25) is 25.2 Å². The summed E-state index contributed by atoms with van der Waals surface area (Å²) >= 11 is 0. The Balaban J connectivity index is 1.47. The van der Waals surface area contributed by atoms with Crippen molar-refractivity contribution in [3.8, 4) is 0 Å². The first-order chi connectivity index (χ1) is 13.4. The van der Waals surface area contributed by atoms with E-state index in [0.29, 0.717) is 11.3 Å². The second kappa shape index (κ2) is 8.56. The maximum Gasteiger partial charge on any atom is 0.269 e. The standard InChI is InChI=1S/C21H24N4O3/c1-13-6-9-18(14(2)10-13)22-12-19(26)24-25-21(28)16-4-3-5-17(11-16)23-20(27)15-7-8-15/h3-6,9-11,15,22H,7-8,12H2,1-2H3,(H,23,27)(H,24,26)(H,25,28). The third kappa shape index (κ3) is 5.33. The zero-order chi connectivity index (χ0) is 20.1. The van der Waals surface area contributed by atoms with E-state index in [9.17, 15) is 14.4 Å². The first kappa shape index (κ1) is 19.4. The van der Waals surface area contributed by atoms with E-state index < -0.39 is 5.91 Å². The molecule has 1 fully saturated rings. The Kier molecular flexibility index (Phi) is 5.93. The van der Waals surface area contributed by atoms with Gasteiger partial charge in [0.1, 0.15) is 0 Å². The van der Waals surface area contributed by atoms with Crippen molar-refractivity contribution in [3.63, 3.8) is 0 Å². The summed E-state index contributed by atoms with van der Waals surface area (Å²) in [5, 5.41) is 5.84. The number of hydrogen-bond acceptors (Lipinski definition) is 4. The zero-order valence-corrected chi connectivity index (χ0v) is 16.0. The second-order valence-electron chi connectivity index (χ2n) is 7.02. The summed E-state index contributed by atoms with van der Waals surface area (Å²) in [6.45, 7) is 4.00. The van der Waals surface area contributed by atoms with Crippen molar-refractivity contribution in [2.45, 2.75) is 26.7 Å². The topological polar surface area (TPSA) is 99.3 Å². The van der Waals surface area contributed by atoms with Gasteiger partial charge in [0.15, 0.2) is 0 Å². The molecule has 2 aromatic rings. The molecule has 0 radical (unpaired) electrons. The van der Waals surface area contributed by atoms with Crippen LogP contribution in [0, 0.1) is 19.8 Å². The highest BCUT2D eigenvalue weighted by atomic mass is 16.2. The molecule has 3 rings (SSSR count). The Morgan fingerprint density at radius 1 is 1.00 bits per heavy atom. The summed E-state index contributed by atoms with van der Waals surface area (Å²) in [5.74, 6) is -0.765. The fraction of sp³-hybridized carbons (Fsp3) is 0.286. The minimum atomic E-state index is -0.456. The van der Waals surface area contributed by atoms with Crippen LogP contribution in [0.1, 0.15) is 34.3 Å². The number of hydrogen-bond donors (Lipinski definition) is 4. The van der Waals surface area contributed by atoms with Gasteiger partial charge in [-0.25, -0.2) is 0 Å². The van der Waals surface area contributed by atoms with Crippen LogP contribution in [-0.2, 0) is 9.59 Å². The minimum absolute atomic E-state index is 0.0247. The molecule has 4 N–H and O–H groups in total. The second-order valence-corrected chi connectivity index (χ2v) is 7.02. The van der Waals surface area contributed by atoms with Crippen LogP contribution < -0.4 is 21.5 Å². The molecule has 0 unspecified atom stereocenters. The molecule has 146 valence electrons. The van der Waals surface area contributed by atoms with Crippen LogP contribution in [0.15, 0.2) is 42.5 Å². The number of nitrogens with one attached hydrogen (secondary N) is 4. The Morgan fingerprint density at radius 2 is 1.79 bits per heavy atom. The Bertz CT molecular complexity index is 906. The highest BCUT2D eigenvalue weighted by Crippen LogP contribution is 2.30. The SMILES string of the molecule is Cc1ccc(NCC(=O)NNC(=O)c2cccc(NC(=O)C3CC3)c2)c(C)c1. The van der Waals surface area contributed by atoms with Crippen LogP contribution >= 0.6 is 0 Å². The molecule has 2 aromatic carbocycles. The number of carbonyl (C=O) groups is 3. The first-order valence-electron chi connectivity index (χ1n) is 9.23. The molecule has 0 bridgehead atoms. The summed E-state index contributed by atoms with van der Waals surface area (Å²) in [5.41, 5.74) is 8.73. The van der Waals surface area contributed by atoms with E-state index in [2.05, 4.69) is 21.5 Å². The van der Waals surface area contributed by atoms with Gasteiger partial charge in [0.05, 0.1) is 6.54 Å². The number of amides is 3. The lowest BCUT2D eigenvalue weighted by molar-refractivity contribution is -0.120. The third-order valence-corrected chi connectivity index (χ3v) is 4.48. The van der Waals surface area contributed by atoms with E-state index in [1.165, 1.54) is 0 Å². The van der Waals surface area contributed by atoms with Gasteiger partial charge in [-0.2, -0.15) is 0 Å². The van der Waals surface area contributed by atoms with Crippen molar-refractivity contribution in [2.75, 3.05) is 17.2 Å². The maximum absolute atomic E-state index is 12.2. The zero-order valence-electron chi connectivity index (χ0n) is 16.0. The van der Waals surface area contributed by atoms with Crippen molar-refractivity contribution in [2.24, 2.45) is 5.92 Å². The number of benzene rings is 2. The average Bonchev–Trinajstić information content (AvgIpc) is 3.51. The van der Waals surface area contributed by atoms with Crippen LogP contribution in [0.3, 0.4) is 0 Å². The quantitative estimate of drug-likeness (QED) is 0.579. The Labute approximate surface area is 163 Å². The highest BCUT2D eigenvalue weighted by Gasteiger charge is 2.29. The normalized spacial score (nSPS) is 12.8. The lowest BCUT2D eigenvalue weighted by Crippen LogP contribution is -2.44. The molecule has 1 saturated carbocycles. The maximum atomic E-state index is 12.2. The van der Waals surface area contributed by atoms with Gasteiger partial charge in [-0.15, -0.1) is 0 Å². The van der Waals surface area contributed by atoms with Gasteiger partial charge in [0, 0.05) is 22.9 Å². The van der Waals surface area contributed by atoms with E-state index in [1.54, 1.807) is 24.3 Å². The molecule has 0 heterocycles. The van der Waals surface area contributed by atoms with Crippen LogP contribution in [0.25, 0.3) is 0 Å². The largest absolute Gasteiger partial charge is 0.376 e. The number of carbonyl (C=O) groups excluding carboxylic acids is 3. The molecule has 0 aliphatic heterocycles. The number of anilines is 2. The predicted octanol–water partition coefficient (Wildman–Crippen LogP) is 2.53.